The lowest BCUT2D eigenvalue weighted by Gasteiger charge is -2.14. The Morgan fingerprint density at radius 2 is 1.81 bits per heavy atom. The van der Waals surface area contributed by atoms with Gasteiger partial charge in [0.2, 0.25) is 0 Å². The molecule has 0 saturated heterocycles. The molecule has 4 heterocycles. The average molecular weight is 504 g/mol. The van der Waals surface area contributed by atoms with Crippen LogP contribution in [0.15, 0.2) is 61.2 Å². The van der Waals surface area contributed by atoms with Gasteiger partial charge in [0.1, 0.15) is 34.9 Å². The molecule has 0 radical (unpaired) electrons. The first-order chi connectivity index (χ1) is 17.7. The third-order valence-corrected chi connectivity index (χ3v) is 5.54. The lowest BCUT2D eigenvalue weighted by Crippen LogP contribution is -2.15. The van der Waals surface area contributed by atoms with Crippen molar-refractivity contribution < 1.29 is 18.0 Å². The SMILES string of the molecule is Cc1nc2ncnc(-c3cccnc3Nc3cc(NC(=O)c4cc(C(F)(F)F)ccn4)ccc3C)c2[nH]1. The lowest BCUT2D eigenvalue weighted by atomic mass is 10.1. The van der Waals surface area contributed by atoms with Gasteiger partial charge in [-0.3, -0.25) is 9.78 Å². The molecule has 0 bridgehead atoms. The molecule has 9 nitrogen and oxygen atoms in total. The second kappa shape index (κ2) is 9.30. The Hall–Kier alpha value is -4.87. The Labute approximate surface area is 208 Å². The fourth-order valence-electron chi connectivity index (χ4n) is 3.73. The van der Waals surface area contributed by atoms with Crippen LogP contribution in [-0.4, -0.2) is 35.8 Å². The van der Waals surface area contributed by atoms with Gasteiger partial charge in [-0.25, -0.2) is 19.9 Å². The highest BCUT2D eigenvalue weighted by Crippen LogP contribution is 2.33. The molecule has 1 aromatic carbocycles. The maximum atomic E-state index is 13.0. The summed E-state index contributed by atoms with van der Waals surface area (Å²) in [6.07, 6.45) is -0.572. The van der Waals surface area contributed by atoms with E-state index in [-0.39, 0.29) is 5.69 Å². The number of fused-ring (bicyclic) bond motifs is 1. The predicted octanol–water partition coefficient (Wildman–Crippen LogP) is 5.44. The fourth-order valence-corrected chi connectivity index (χ4v) is 3.73. The van der Waals surface area contributed by atoms with Gasteiger partial charge in [-0.1, -0.05) is 6.07 Å². The number of nitrogens with zero attached hydrogens (tertiary/aromatic N) is 5. The van der Waals surface area contributed by atoms with Crippen molar-refractivity contribution in [1.29, 1.82) is 0 Å². The predicted molar refractivity (Wildman–Crippen MR) is 131 cm³/mol. The van der Waals surface area contributed by atoms with Crippen LogP contribution in [0.3, 0.4) is 0 Å². The standard InChI is InChI=1S/C25H19F3N8O/c1-13-5-6-16(35-24(37)19-10-15(7-9-29-19)25(26,27)28)11-18(13)36-22-17(4-3-8-30-22)20-21-23(32-12-31-20)34-14(2)33-21/h3-12H,1-2H3,(H,30,36)(H,35,37)(H,31,32,33,34). The van der Waals surface area contributed by atoms with E-state index >= 15 is 0 Å². The molecule has 4 aromatic heterocycles. The van der Waals surface area contributed by atoms with Gasteiger partial charge in [0.15, 0.2) is 5.65 Å². The van der Waals surface area contributed by atoms with Crippen LogP contribution < -0.4 is 10.6 Å². The van der Waals surface area contributed by atoms with E-state index in [1.807, 2.05) is 19.9 Å². The number of aromatic amines is 1. The Morgan fingerprint density at radius 3 is 2.62 bits per heavy atom. The van der Waals surface area contributed by atoms with Gasteiger partial charge in [0, 0.05) is 29.3 Å². The van der Waals surface area contributed by atoms with E-state index in [0.29, 0.717) is 51.5 Å². The first kappa shape index (κ1) is 23.9. The molecule has 0 aliphatic heterocycles. The minimum absolute atomic E-state index is 0.348. The number of carbonyl (C=O) groups is 1. The van der Waals surface area contributed by atoms with Crippen molar-refractivity contribution in [2.45, 2.75) is 20.0 Å². The smallest absolute Gasteiger partial charge is 0.339 e. The van der Waals surface area contributed by atoms with Crippen molar-refractivity contribution in [3.63, 3.8) is 0 Å². The molecule has 186 valence electrons. The van der Waals surface area contributed by atoms with Gasteiger partial charge in [0.25, 0.3) is 5.91 Å². The molecular weight excluding hydrogens is 485 g/mol. The summed E-state index contributed by atoms with van der Waals surface area (Å²) < 4.78 is 39.1. The van der Waals surface area contributed by atoms with E-state index in [9.17, 15) is 18.0 Å². The number of amides is 1. The average Bonchev–Trinajstić information content (AvgIpc) is 3.26. The summed E-state index contributed by atoms with van der Waals surface area (Å²) in [5.41, 5.74) is 3.04. The first-order valence-electron chi connectivity index (χ1n) is 11.0. The number of rotatable bonds is 5. The number of halogens is 3. The van der Waals surface area contributed by atoms with Crippen molar-refractivity contribution in [3.05, 3.63) is 83.8 Å². The van der Waals surface area contributed by atoms with Crippen molar-refractivity contribution >= 4 is 34.3 Å². The molecule has 1 amide bonds. The number of hydrogen-bond acceptors (Lipinski definition) is 7. The zero-order valence-electron chi connectivity index (χ0n) is 19.6. The van der Waals surface area contributed by atoms with Gasteiger partial charge >= 0.3 is 6.18 Å². The topological polar surface area (TPSA) is 121 Å². The van der Waals surface area contributed by atoms with E-state index in [2.05, 4.69) is 40.5 Å². The van der Waals surface area contributed by atoms with Crippen molar-refractivity contribution in [3.8, 4) is 11.3 Å². The van der Waals surface area contributed by atoms with E-state index in [1.54, 1.807) is 30.5 Å². The van der Waals surface area contributed by atoms with Crippen molar-refractivity contribution in [2.75, 3.05) is 10.6 Å². The minimum Gasteiger partial charge on any atom is -0.339 e. The van der Waals surface area contributed by atoms with Crippen LogP contribution in [0.4, 0.5) is 30.4 Å². The molecule has 0 aliphatic carbocycles. The molecule has 3 N–H and O–H groups in total. The number of carbonyl (C=O) groups excluding carboxylic acids is 1. The number of H-pyrrole nitrogens is 1. The van der Waals surface area contributed by atoms with E-state index in [1.165, 1.54) is 6.33 Å². The quantitative estimate of drug-likeness (QED) is 0.291. The Bertz CT molecular complexity index is 1630. The van der Waals surface area contributed by atoms with Gasteiger partial charge < -0.3 is 15.6 Å². The van der Waals surface area contributed by atoms with E-state index in [0.717, 1.165) is 17.8 Å². The van der Waals surface area contributed by atoms with Crippen molar-refractivity contribution in [1.82, 2.24) is 29.9 Å². The summed E-state index contributed by atoms with van der Waals surface area (Å²) in [6, 6.07) is 10.2. The molecule has 12 heteroatoms. The van der Waals surface area contributed by atoms with Gasteiger partial charge in [-0.15, -0.1) is 0 Å². The molecule has 0 aliphatic rings. The number of aryl methyl sites for hydroxylation is 2. The molecule has 0 unspecified atom stereocenters. The van der Waals surface area contributed by atoms with Crippen LogP contribution in [0.2, 0.25) is 0 Å². The highest BCUT2D eigenvalue weighted by atomic mass is 19.4. The molecule has 5 rings (SSSR count). The largest absolute Gasteiger partial charge is 0.416 e. The third-order valence-electron chi connectivity index (χ3n) is 5.54. The van der Waals surface area contributed by atoms with Gasteiger partial charge in [0.05, 0.1) is 5.56 Å². The Kier molecular flexibility index (Phi) is 5.99. The number of aromatic nitrogens is 6. The normalized spacial score (nSPS) is 11.5. The number of pyridine rings is 2. The first-order valence-corrected chi connectivity index (χ1v) is 11.0. The monoisotopic (exact) mass is 504 g/mol. The third kappa shape index (κ3) is 4.94. The maximum absolute atomic E-state index is 13.0. The highest BCUT2D eigenvalue weighted by molar-refractivity contribution is 6.03. The van der Waals surface area contributed by atoms with Crippen LogP contribution in [0.25, 0.3) is 22.4 Å². The molecular formula is C25H19F3N8O. The summed E-state index contributed by atoms with van der Waals surface area (Å²) in [6.45, 7) is 3.69. The van der Waals surface area contributed by atoms with Gasteiger partial charge in [-0.05, 0) is 55.8 Å². The number of nitrogens with one attached hydrogen (secondary N) is 3. The molecule has 0 atom stereocenters. The van der Waals surface area contributed by atoms with Crippen LogP contribution in [0, 0.1) is 13.8 Å². The fraction of sp³-hybridized carbons (Fsp3) is 0.120. The van der Waals surface area contributed by atoms with E-state index in [4.69, 9.17) is 0 Å². The molecule has 0 fully saturated rings. The maximum Gasteiger partial charge on any atom is 0.416 e. The highest BCUT2D eigenvalue weighted by Gasteiger charge is 2.31. The summed E-state index contributed by atoms with van der Waals surface area (Å²) in [5, 5.41) is 5.87. The number of anilines is 3. The summed E-state index contributed by atoms with van der Waals surface area (Å²) in [4.78, 5) is 37.0. The number of alkyl halides is 3. The van der Waals surface area contributed by atoms with Crippen LogP contribution in [0.5, 0.6) is 0 Å². The summed E-state index contributed by atoms with van der Waals surface area (Å²) in [7, 11) is 0. The Balaban J connectivity index is 1.44. The molecule has 0 spiro atoms. The van der Waals surface area contributed by atoms with Gasteiger partial charge in [-0.2, -0.15) is 13.2 Å². The van der Waals surface area contributed by atoms with Crippen LogP contribution in [0.1, 0.15) is 27.4 Å². The van der Waals surface area contributed by atoms with Crippen molar-refractivity contribution in [2.24, 2.45) is 0 Å². The summed E-state index contributed by atoms with van der Waals surface area (Å²) >= 11 is 0. The second-order valence-corrected chi connectivity index (χ2v) is 8.18. The van der Waals surface area contributed by atoms with E-state index < -0.39 is 17.6 Å². The zero-order valence-corrected chi connectivity index (χ0v) is 19.6. The lowest BCUT2D eigenvalue weighted by molar-refractivity contribution is -0.137. The van der Waals surface area contributed by atoms with Crippen LogP contribution >= 0.6 is 0 Å². The number of hydrogen-bond donors (Lipinski definition) is 3. The zero-order chi connectivity index (χ0) is 26.2. The minimum atomic E-state index is -4.58. The Morgan fingerprint density at radius 1 is 0.973 bits per heavy atom. The second-order valence-electron chi connectivity index (χ2n) is 8.18. The molecule has 37 heavy (non-hydrogen) atoms. The number of imidazole rings is 1. The molecule has 0 saturated carbocycles. The molecule has 5 aromatic rings. The van der Waals surface area contributed by atoms with Crippen LogP contribution in [-0.2, 0) is 6.18 Å². The number of benzene rings is 1. The summed E-state index contributed by atoms with van der Waals surface area (Å²) in [5.74, 6) is 0.433.